The molecule has 0 spiro atoms. The highest BCUT2D eigenvalue weighted by molar-refractivity contribution is 7.08. The van der Waals surface area contributed by atoms with Gasteiger partial charge in [0.2, 0.25) is 0 Å². The standard InChI is InChI=1S/C15H18N2O2S/c1-3-19-15(18)13-6-12(4-5-14(13)16)17-7-11-9-20-8-10(11)2/h4-6,8-9,17H,3,7,16H2,1-2H3. The average molecular weight is 290 g/mol. The summed E-state index contributed by atoms with van der Waals surface area (Å²) in [6.45, 7) is 4.92. The van der Waals surface area contributed by atoms with Gasteiger partial charge in [-0.25, -0.2) is 4.79 Å². The topological polar surface area (TPSA) is 64.3 Å². The fourth-order valence-corrected chi connectivity index (χ4v) is 2.67. The van der Waals surface area contributed by atoms with E-state index in [-0.39, 0.29) is 5.97 Å². The fourth-order valence-electron chi connectivity index (χ4n) is 1.82. The molecule has 2 rings (SSSR count). The van der Waals surface area contributed by atoms with Gasteiger partial charge in [-0.3, -0.25) is 0 Å². The third-order valence-corrected chi connectivity index (χ3v) is 3.90. The number of benzene rings is 1. The Labute approximate surface area is 122 Å². The molecule has 0 saturated heterocycles. The van der Waals surface area contributed by atoms with E-state index in [9.17, 15) is 4.79 Å². The van der Waals surface area contributed by atoms with E-state index in [4.69, 9.17) is 10.5 Å². The van der Waals surface area contributed by atoms with Gasteiger partial charge in [0, 0.05) is 17.9 Å². The Bertz CT molecular complexity index is 608. The van der Waals surface area contributed by atoms with E-state index in [1.807, 2.05) is 6.07 Å². The summed E-state index contributed by atoms with van der Waals surface area (Å²) < 4.78 is 4.99. The fraction of sp³-hybridized carbons (Fsp3) is 0.267. The molecule has 1 aromatic carbocycles. The molecule has 0 atom stereocenters. The van der Waals surface area contributed by atoms with Crippen molar-refractivity contribution in [3.8, 4) is 0 Å². The number of hydrogen-bond donors (Lipinski definition) is 2. The number of esters is 1. The monoisotopic (exact) mass is 290 g/mol. The zero-order chi connectivity index (χ0) is 14.5. The molecule has 0 aliphatic rings. The van der Waals surface area contributed by atoms with Crippen molar-refractivity contribution in [3.63, 3.8) is 0 Å². The number of carbonyl (C=O) groups is 1. The summed E-state index contributed by atoms with van der Waals surface area (Å²) in [7, 11) is 0. The second-order valence-corrected chi connectivity index (χ2v) is 5.20. The van der Waals surface area contributed by atoms with E-state index < -0.39 is 0 Å². The third kappa shape index (κ3) is 3.30. The van der Waals surface area contributed by atoms with Crippen LogP contribution in [-0.2, 0) is 11.3 Å². The maximum atomic E-state index is 11.8. The van der Waals surface area contributed by atoms with Crippen LogP contribution in [0.5, 0.6) is 0 Å². The van der Waals surface area contributed by atoms with Gasteiger partial charge in [0.25, 0.3) is 0 Å². The second kappa shape index (κ2) is 6.43. The summed E-state index contributed by atoms with van der Waals surface area (Å²) in [5.74, 6) is -0.389. The summed E-state index contributed by atoms with van der Waals surface area (Å²) in [6, 6.07) is 5.31. The number of carbonyl (C=O) groups excluding carboxylic acids is 1. The molecular formula is C15H18N2O2S. The molecule has 20 heavy (non-hydrogen) atoms. The first-order valence-corrected chi connectivity index (χ1v) is 7.38. The quantitative estimate of drug-likeness (QED) is 0.654. The Morgan fingerprint density at radius 2 is 2.20 bits per heavy atom. The minimum Gasteiger partial charge on any atom is -0.462 e. The maximum Gasteiger partial charge on any atom is 0.340 e. The molecular weight excluding hydrogens is 272 g/mol. The molecule has 0 unspecified atom stereocenters. The Balaban J connectivity index is 2.11. The number of hydrogen-bond acceptors (Lipinski definition) is 5. The van der Waals surface area contributed by atoms with Crippen LogP contribution in [0, 0.1) is 6.92 Å². The van der Waals surface area contributed by atoms with E-state index in [2.05, 4.69) is 23.0 Å². The van der Waals surface area contributed by atoms with Crippen molar-refractivity contribution in [2.45, 2.75) is 20.4 Å². The van der Waals surface area contributed by atoms with E-state index in [1.54, 1.807) is 30.4 Å². The highest BCUT2D eigenvalue weighted by atomic mass is 32.1. The Morgan fingerprint density at radius 3 is 2.85 bits per heavy atom. The summed E-state index contributed by atoms with van der Waals surface area (Å²) in [6.07, 6.45) is 0. The van der Waals surface area contributed by atoms with Gasteiger partial charge in [0.15, 0.2) is 0 Å². The van der Waals surface area contributed by atoms with Crippen molar-refractivity contribution in [2.75, 3.05) is 17.7 Å². The van der Waals surface area contributed by atoms with Gasteiger partial charge in [-0.1, -0.05) is 0 Å². The van der Waals surface area contributed by atoms with Crippen LogP contribution in [0.15, 0.2) is 29.0 Å². The molecule has 0 bridgehead atoms. The van der Waals surface area contributed by atoms with Crippen molar-refractivity contribution in [2.24, 2.45) is 0 Å². The minimum atomic E-state index is -0.389. The number of nitrogens with two attached hydrogens (primary N) is 1. The second-order valence-electron chi connectivity index (χ2n) is 4.46. The third-order valence-electron chi connectivity index (χ3n) is 2.99. The Kier molecular flexibility index (Phi) is 4.63. The van der Waals surface area contributed by atoms with Gasteiger partial charge in [-0.2, -0.15) is 11.3 Å². The zero-order valence-electron chi connectivity index (χ0n) is 11.6. The predicted molar refractivity (Wildman–Crippen MR) is 83.2 cm³/mol. The summed E-state index contributed by atoms with van der Waals surface area (Å²) in [4.78, 5) is 11.8. The Morgan fingerprint density at radius 1 is 1.40 bits per heavy atom. The highest BCUT2D eigenvalue weighted by Crippen LogP contribution is 2.21. The summed E-state index contributed by atoms with van der Waals surface area (Å²) >= 11 is 1.68. The first-order valence-electron chi connectivity index (χ1n) is 6.44. The number of nitrogen functional groups attached to an aromatic ring is 1. The minimum absolute atomic E-state index is 0.337. The van der Waals surface area contributed by atoms with Crippen molar-refractivity contribution >= 4 is 28.7 Å². The van der Waals surface area contributed by atoms with E-state index in [0.29, 0.717) is 17.9 Å². The molecule has 5 heteroatoms. The molecule has 0 radical (unpaired) electrons. The normalized spacial score (nSPS) is 10.3. The van der Waals surface area contributed by atoms with E-state index in [1.165, 1.54) is 11.1 Å². The number of anilines is 2. The van der Waals surface area contributed by atoms with Crippen molar-refractivity contribution < 1.29 is 9.53 Å². The summed E-state index contributed by atoms with van der Waals surface area (Å²) in [5.41, 5.74) is 10.0. The van der Waals surface area contributed by atoms with Crippen molar-refractivity contribution in [3.05, 3.63) is 45.6 Å². The molecule has 0 fully saturated rings. The molecule has 1 heterocycles. The number of thiophene rings is 1. The van der Waals surface area contributed by atoms with Crippen LogP contribution < -0.4 is 11.1 Å². The largest absolute Gasteiger partial charge is 0.462 e. The molecule has 0 aliphatic heterocycles. The molecule has 106 valence electrons. The number of aryl methyl sites for hydroxylation is 1. The predicted octanol–water partition coefficient (Wildman–Crippen LogP) is 3.43. The maximum absolute atomic E-state index is 11.8. The molecule has 1 aromatic heterocycles. The van der Waals surface area contributed by atoms with Crippen LogP contribution in [0.2, 0.25) is 0 Å². The molecule has 0 saturated carbocycles. The van der Waals surface area contributed by atoms with Crippen LogP contribution >= 0.6 is 11.3 Å². The van der Waals surface area contributed by atoms with Gasteiger partial charge in [-0.05, 0) is 53.9 Å². The molecule has 0 amide bonds. The van der Waals surface area contributed by atoms with Gasteiger partial charge < -0.3 is 15.8 Å². The SMILES string of the molecule is CCOC(=O)c1cc(NCc2cscc2C)ccc1N. The van der Waals surface area contributed by atoms with Crippen LogP contribution in [0.1, 0.15) is 28.4 Å². The first kappa shape index (κ1) is 14.4. The number of ether oxygens (including phenoxy) is 1. The number of rotatable bonds is 5. The molecule has 4 nitrogen and oxygen atoms in total. The van der Waals surface area contributed by atoms with Crippen LogP contribution in [0.4, 0.5) is 11.4 Å². The van der Waals surface area contributed by atoms with Crippen LogP contribution in [0.3, 0.4) is 0 Å². The average Bonchev–Trinajstić information content (AvgIpc) is 2.83. The highest BCUT2D eigenvalue weighted by Gasteiger charge is 2.11. The van der Waals surface area contributed by atoms with Crippen molar-refractivity contribution in [1.82, 2.24) is 0 Å². The van der Waals surface area contributed by atoms with Gasteiger partial charge in [0.1, 0.15) is 0 Å². The molecule has 0 aliphatic carbocycles. The van der Waals surface area contributed by atoms with Gasteiger partial charge >= 0.3 is 5.97 Å². The zero-order valence-corrected chi connectivity index (χ0v) is 12.4. The summed E-state index contributed by atoms with van der Waals surface area (Å²) in [5, 5.41) is 7.53. The lowest BCUT2D eigenvalue weighted by Gasteiger charge is -2.10. The lowest BCUT2D eigenvalue weighted by molar-refractivity contribution is 0.0527. The molecule has 2 aromatic rings. The van der Waals surface area contributed by atoms with Crippen LogP contribution in [0.25, 0.3) is 0 Å². The molecule has 3 N–H and O–H groups in total. The number of nitrogens with one attached hydrogen (secondary N) is 1. The van der Waals surface area contributed by atoms with Gasteiger partial charge in [0.05, 0.1) is 12.2 Å². The van der Waals surface area contributed by atoms with Gasteiger partial charge in [-0.15, -0.1) is 0 Å². The lowest BCUT2D eigenvalue weighted by atomic mass is 10.1. The van der Waals surface area contributed by atoms with Crippen molar-refractivity contribution in [1.29, 1.82) is 0 Å². The first-order chi connectivity index (χ1) is 9.61. The van der Waals surface area contributed by atoms with Crippen LogP contribution in [-0.4, -0.2) is 12.6 Å². The van der Waals surface area contributed by atoms with E-state index in [0.717, 1.165) is 12.2 Å². The van der Waals surface area contributed by atoms with E-state index >= 15 is 0 Å². The lowest BCUT2D eigenvalue weighted by Crippen LogP contribution is -2.09. The smallest absolute Gasteiger partial charge is 0.340 e. The Hall–Kier alpha value is -2.01.